The van der Waals surface area contributed by atoms with E-state index in [-0.39, 0.29) is 38.9 Å². The minimum absolute atomic E-state index is 0.0530. The summed E-state index contributed by atoms with van der Waals surface area (Å²) in [4.78, 5) is 31.3. The van der Waals surface area contributed by atoms with Crippen molar-refractivity contribution in [3.8, 4) is 0 Å². The highest BCUT2D eigenvalue weighted by Crippen LogP contribution is 2.37. The lowest BCUT2D eigenvalue weighted by Crippen LogP contribution is -2.46. The van der Waals surface area contributed by atoms with E-state index in [0.29, 0.717) is 34.6 Å². The van der Waals surface area contributed by atoms with Gasteiger partial charge in [0.1, 0.15) is 0 Å². The van der Waals surface area contributed by atoms with Gasteiger partial charge in [0.25, 0.3) is 5.91 Å². The van der Waals surface area contributed by atoms with Crippen molar-refractivity contribution in [1.82, 2.24) is 20.5 Å². The number of fused-ring (bicyclic) bond motifs is 1. The number of anilines is 1. The third-order valence-electron chi connectivity index (χ3n) is 7.75. The van der Waals surface area contributed by atoms with Crippen LogP contribution in [0.15, 0.2) is 41.3 Å². The Kier molecular flexibility index (Phi) is 9.10. The fourth-order valence-corrected chi connectivity index (χ4v) is 7.45. The topological polar surface area (TPSA) is 123 Å². The van der Waals surface area contributed by atoms with Gasteiger partial charge in [-0.25, -0.2) is 8.42 Å². The Labute approximate surface area is 255 Å². The molecule has 3 aromatic rings. The number of rotatable bonds is 9. The number of carbonyl (C=O) groups excluding carboxylic acids is 2. The van der Waals surface area contributed by atoms with E-state index in [2.05, 4.69) is 25.8 Å². The third-order valence-corrected chi connectivity index (χ3v) is 10.1. The number of amides is 2. The van der Waals surface area contributed by atoms with Crippen LogP contribution in [-0.4, -0.2) is 69.4 Å². The van der Waals surface area contributed by atoms with Crippen LogP contribution in [0.3, 0.4) is 0 Å². The number of hydrogen-bond donors (Lipinski definition) is 4. The van der Waals surface area contributed by atoms with Crippen LogP contribution in [0, 0.1) is 13.8 Å². The average molecular weight is 631 g/mol. The summed E-state index contributed by atoms with van der Waals surface area (Å²) < 4.78 is 26.7. The zero-order valence-corrected chi connectivity index (χ0v) is 25.8. The van der Waals surface area contributed by atoms with E-state index in [1.54, 1.807) is 30.3 Å². The van der Waals surface area contributed by atoms with Gasteiger partial charge in [-0.1, -0.05) is 29.3 Å². The number of sulfone groups is 1. The van der Waals surface area contributed by atoms with E-state index in [1.165, 1.54) is 12.1 Å². The number of H-pyrrole nitrogens is 1. The quantitative estimate of drug-likeness (QED) is 0.266. The van der Waals surface area contributed by atoms with E-state index >= 15 is 0 Å². The summed E-state index contributed by atoms with van der Waals surface area (Å²) in [5.41, 5.74) is 4.90. The number of halogens is 2. The van der Waals surface area contributed by atoms with Crippen molar-refractivity contribution in [3.63, 3.8) is 0 Å². The van der Waals surface area contributed by atoms with Crippen molar-refractivity contribution in [3.05, 3.63) is 80.1 Å². The van der Waals surface area contributed by atoms with Crippen LogP contribution in [0.25, 0.3) is 11.6 Å². The van der Waals surface area contributed by atoms with Gasteiger partial charge in [0.15, 0.2) is 9.84 Å². The lowest BCUT2D eigenvalue weighted by molar-refractivity contribution is -0.120. The number of nitrogens with one attached hydrogen (secondary N) is 4. The van der Waals surface area contributed by atoms with Crippen LogP contribution in [0.4, 0.5) is 5.69 Å². The zero-order valence-electron chi connectivity index (χ0n) is 23.4. The molecular weight excluding hydrogens is 597 g/mol. The third kappa shape index (κ3) is 6.58. The molecule has 0 spiro atoms. The van der Waals surface area contributed by atoms with Gasteiger partial charge in [0, 0.05) is 77.5 Å². The van der Waals surface area contributed by atoms with E-state index in [0.717, 1.165) is 49.5 Å². The summed E-state index contributed by atoms with van der Waals surface area (Å²) in [5, 5.41) is 9.68. The molecule has 0 atom stereocenters. The number of aromatic nitrogens is 1. The molecule has 0 bridgehead atoms. The number of nitrogens with zero attached hydrogens (tertiary/aromatic N) is 1. The molecule has 2 aliphatic heterocycles. The zero-order chi connectivity index (χ0) is 30.0. The number of aryl methyl sites for hydroxylation is 1. The molecule has 4 N–H and O–H groups in total. The van der Waals surface area contributed by atoms with Crippen LogP contribution in [0.5, 0.6) is 0 Å². The molecule has 12 heteroatoms. The molecule has 5 rings (SSSR count). The molecule has 222 valence electrons. The second kappa shape index (κ2) is 12.6. The summed E-state index contributed by atoms with van der Waals surface area (Å²) in [5.74, 6) is -0.778. The number of carbonyl (C=O) groups is 2. The summed E-state index contributed by atoms with van der Waals surface area (Å²) >= 11 is 12.4. The molecule has 1 fully saturated rings. The Hall–Kier alpha value is -3.15. The summed E-state index contributed by atoms with van der Waals surface area (Å²) in [6.07, 6.45) is 1.92. The fraction of sp³-hybridized carbons (Fsp3) is 0.333. The Balaban J connectivity index is 1.34. The molecule has 0 aliphatic carbocycles. The highest BCUT2D eigenvalue weighted by Gasteiger charge is 2.28. The molecule has 42 heavy (non-hydrogen) atoms. The molecule has 9 nitrogen and oxygen atoms in total. The summed E-state index contributed by atoms with van der Waals surface area (Å²) in [7, 11) is -3.83. The van der Waals surface area contributed by atoms with Crippen LogP contribution in [-0.2, 0) is 31.6 Å². The van der Waals surface area contributed by atoms with Gasteiger partial charge in [-0.15, -0.1) is 0 Å². The van der Waals surface area contributed by atoms with Gasteiger partial charge in [0.05, 0.1) is 22.6 Å². The van der Waals surface area contributed by atoms with Gasteiger partial charge in [-0.3, -0.25) is 14.5 Å². The average Bonchev–Trinajstić information content (AvgIpc) is 3.41. The normalized spacial score (nSPS) is 16.5. The minimum Gasteiger partial charge on any atom is -0.359 e. The van der Waals surface area contributed by atoms with Gasteiger partial charge in [-0.2, -0.15) is 0 Å². The Morgan fingerprint density at radius 3 is 2.50 bits per heavy atom. The maximum absolute atomic E-state index is 13.3. The lowest BCUT2D eigenvalue weighted by atomic mass is 10.0. The van der Waals surface area contributed by atoms with Crippen LogP contribution < -0.4 is 16.0 Å². The second-order valence-corrected chi connectivity index (χ2v) is 13.4. The molecular formula is C30H33Cl2N5O4S. The molecule has 3 heterocycles. The van der Waals surface area contributed by atoms with Crippen molar-refractivity contribution in [2.75, 3.05) is 44.6 Å². The molecule has 0 radical (unpaired) electrons. The first-order valence-corrected chi connectivity index (χ1v) is 16.1. The van der Waals surface area contributed by atoms with Crippen molar-refractivity contribution < 1.29 is 18.0 Å². The second-order valence-electron chi connectivity index (χ2n) is 10.6. The standard InChI is InChI=1S/C30H33Cl2N5O4S/c1-18-21(16-29(38)34-10-13-37-11-8-33-9-12-37)19(2)35-28(18)15-23-22-14-20(6-7-27(22)36-30(23)39)42(40,41)17-24-25(31)4-3-5-26(24)32/h3-7,14-15,33,35H,8-13,16-17H2,1-2H3,(H,34,38)(H,36,39)/b23-15-. The molecule has 1 saturated heterocycles. The molecule has 1 aromatic heterocycles. The molecule has 2 amide bonds. The minimum atomic E-state index is -3.83. The number of hydrogen-bond acceptors (Lipinski definition) is 6. The highest BCUT2D eigenvalue weighted by molar-refractivity contribution is 7.90. The first-order valence-electron chi connectivity index (χ1n) is 13.7. The molecule has 2 aromatic carbocycles. The van der Waals surface area contributed by atoms with Gasteiger partial charge in [0.2, 0.25) is 5.91 Å². The van der Waals surface area contributed by atoms with E-state index in [4.69, 9.17) is 23.2 Å². The maximum atomic E-state index is 13.3. The molecule has 0 saturated carbocycles. The van der Waals surface area contributed by atoms with Crippen molar-refractivity contribution >= 4 is 62.2 Å². The molecule has 0 unspecified atom stereocenters. The van der Waals surface area contributed by atoms with Crippen LogP contribution in [0.2, 0.25) is 10.0 Å². The predicted octanol–water partition coefficient (Wildman–Crippen LogP) is 3.97. The number of benzene rings is 2. The first-order chi connectivity index (χ1) is 20.0. The largest absolute Gasteiger partial charge is 0.359 e. The monoisotopic (exact) mass is 629 g/mol. The first kappa shape index (κ1) is 30.3. The smallest absolute Gasteiger partial charge is 0.256 e. The van der Waals surface area contributed by atoms with Crippen molar-refractivity contribution in [2.45, 2.75) is 30.9 Å². The lowest BCUT2D eigenvalue weighted by Gasteiger charge is -2.27. The van der Waals surface area contributed by atoms with E-state index in [9.17, 15) is 18.0 Å². The Morgan fingerprint density at radius 2 is 1.79 bits per heavy atom. The predicted molar refractivity (Wildman–Crippen MR) is 167 cm³/mol. The van der Waals surface area contributed by atoms with Gasteiger partial charge in [-0.05, 0) is 61.4 Å². The number of aromatic amines is 1. The van der Waals surface area contributed by atoms with Crippen molar-refractivity contribution in [1.29, 1.82) is 0 Å². The SMILES string of the molecule is Cc1[nH]c(/C=C2\C(=O)Nc3ccc(S(=O)(=O)Cc4c(Cl)cccc4Cl)cc32)c(C)c1CC(=O)NCCN1CCNCC1. The van der Waals surface area contributed by atoms with E-state index in [1.807, 2.05) is 13.8 Å². The van der Waals surface area contributed by atoms with Crippen molar-refractivity contribution in [2.24, 2.45) is 0 Å². The van der Waals surface area contributed by atoms with Gasteiger partial charge < -0.3 is 20.9 Å². The van der Waals surface area contributed by atoms with E-state index < -0.39 is 9.84 Å². The van der Waals surface area contributed by atoms with Crippen LogP contribution in [0.1, 0.15) is 33.6 Å². The Morgan fingerprint density at radius 1 is 1.07 bits per heavy atom. The van der Waals surface area contributed by atoms with Crippen LogP contribution >= 0.6 is 23.2 Å². The summed E-state index contributed by atoms with van der Waals surface area (Å²) in [6, 6.07) is 9.38. The molecule has 2 aliphatic rings. The number of piperazine rings is 1. The highest BCUT2D eigenvalue weighted by atomic mass is 35.5. The maximum Gasteiger partial charge on any atom is 0.256 e. The Bertz CT molecular complexity index is 1660. The summed E-state index contributed by atoms with van der Waals surface area (Å²) in [6.45, 7) is 9.08. The van der Waals surface area contributed by atoms with Gasteiger partial charge >= 0.3 is 0 Å². The fourth-order valence-electron chi connectivity index (χ4n) is 5.33.